The summed E-state index contributed by atoms with van der Waals surface area (Å²) in [5, 5.41) is 14.1. The van der Waals surface area contributed by atoms with Crippen LogP contribution in [0.4, 0.5) is 0 Å². The van der Waals surface area contributed by atoms with Crippen molar-refractivity contribution in [3.63, 3.8) is 0 Å². The minimum atomic E-state index is -0.186. The molecule has 0 unspecified atom stereocenters. The Morgan fingerprint density at radius 3 is 3.04 bits per heavy atom. The second-order valence-corrected chi connectivity index (χ2v) is 5.96. The van der Waals surface area contributed by atoms with Gasteiger partial charge < -0.3 is 9.64 Å². The third-order valence-corrected chi connectivity index (χ3v) is 4.36. The van der Waals surface area contributed by atoms with Gasteiger partial charge >= 0.3 is 0 Å². The number of pyridine rings is 1. The van der Waals surface area contributed by atoms with E-state index in [1.807, 2.05) is 19.1 Å². The van der Waals surface area contributed by atoms with E-state index in [2.05, 4.69) is 25.4 Å². The Morgan fingerprint density at radius 1 is 1.36 bits per heavy atom. The first-order valence-electron chi connectivity index (χ1n) is 8.08. The topological polar surface area (TPSA) is 99.8 Å². The monoisotopic (exact) mass is 338 g/mol. The molecule has 128 valence electrons. The number of carbonyl (C=O) groups excluding carboxylic acids is 1. The van der Waals surface area contributed by atoms with Crippen molar-refractivity contribution < 1.29 is 9.53 Å². The number of aromatic amines is 2. The number of hydrogen-bond donors (Lipinski definition) is 2. The standard InChI is InChI=1S/C17H18N6O2/c1-11-8-19-22-16(11)15-10-25-6-5-23(15)17(24)14-7-13(20-21-14)12-3-2-4-18-9-12/h2-4,7-9,15H,5-6,10H2,1H3,(H,19,22)(H,20,21)/t15-/m1/s1. The molecule has 1 saturated heterocycles. The molecular formula is C17H18N6O2. The molecule has 1 amide bonds. The largest absolute Gasteiger partial charge is 0.377 e. The van der Waals surface area contributed by atoms with Gasteiger partial charge in [-0.1, -0.05) is 0 Å². The van der Waals surface area contributed by atoms with E-state index < -0.39 is 0 Å². The Hall–Kier alpha value is -3.00. The van der Waals surface area contributed by atoms with Crippen molar-refractivity contribution in [1.82, 2.24) is 30.3 Å². The number of nitrogens with zero attached hydrogens (tertiary/aromatic N) is 4. The third-order valence-electron chi connectivity index (χ3n) is 4.36. The van der Waals surface area contributed by atoms with E-state index in [9.17, 15) is 4.79 Å². The molecule has 0 radical (unpaired) electrons. The highest BCUT2D eigenvalue weighted by molar-refractivity contribution is 5.93. The van der Waals surface area contributed by atoms with Crippen molar-refractivity contribution in [3.05, 3.63) is 53.7 Å². The number of aromatic nitrogens is 5. The van der Waals surface area contributed by atoms with Gasteiger partial charge in [-0.15, -0.1) is 0 Å². The van der Waals surface area contributed by atoms with Crippen molar-refractivity contribution in [1.29, 1.82) is 0 Å². The van der Waals surface area contributed by atoms with E-state index in [4.69, 9.17) is 4.74 Å². The fourth-order valence-electron chi connectivity index (χ4n) is 3.03. The maximum Gasteiger partial charge on any atom is 0.272 e. The first kappa shape index (κ1) is 15.5. The predicted molar refractivity (Wildman–Crippen MR) is 89.7 cm³/mol. The molecule has 4 heterocycles. The first-order chi connectivity index (χ1) is 12.2. The fraction of sp³-hybridized carbons (Fsp3) is 0.294. The summed E-state index contributed by atoms with van der Waals surface area (Å²) in [6.07, 6.45) is 5.17. The van der Waals surface area contributed by atoms with Crippen LogP contribution in [0.3, 0.4) is 0 Å². The molecule has 8 heteroatoms. The predicted octanol–water partition coefficient (Wildman–Crippen LogP) is 1.72. The molecule has 0 spiro atoms. The van der Waals surface area contributed by atoms with Gasteiger partial charge in [-0.2, -0.15) is 10.2 Å². The van der Waals surface area contributed by atoms with E-state index >= 15 is 0 Å². The smallest absolute Gasteiger partial charge is 0.272 e. The molecule has 1 atom stereocenters. The van der Waals surface area contributed by atoms with E-state index in [1.165, 1.54) is 0 Å². The van der Waals surface area contributed by atoms with E-state index in [0.29, 0.717) is 31.1 Å². The molecule has 0 aromatic carbocycles. The van der Waals surface area contributed by atoms with Crippen LogP contribution in [-0.4, -0.2) is 55.9 Å². The number of ether oxygens (including phenoxy) is 1. The van der Waals surface area contributed by atoms with E-state index in [1.54, 1.807) is 29.6 Å². The van der Waals surface area contributed by atoms with Gasteiger partial charge in [0.25, 0.3) is 5.91 Å². The third kappa shape index (κ3) is 2.91. The quantitative estimate of drug-likeness (QED) is 0.757. The molecule has 3 aromatic rings. The highest BCUT2D eigenvalue weighted by Gasteiger charge is 2.32. The molecule has 0 saturated carbocycles. The number of nitrogens with one attached hydrogen (secondary N) is 2. The average molecular weight is 338 g/mol. The Balaban J connectivity index is 1.61. The lowest BCUT2D eigenvalue weighted by Gasteiger charge is -2.35. The van der Waals surface area contributed by atoms with E-state index in [0.717, 1.165) is 16.8 Å². The Bertz CT molecular complexity index is 872. The first-order valence-corrected chi connectivity index (χ1v) is 8.08. The zero-order valence-corrected chi connectivity index (χ0v) is 13.8. The van der Waals surface area contributed by atoms with Gasteiger partial charge in [-0.25, -0.2) is 0 Å². The summed E-state index contributed by atoms with van der Waals surface area (Å²) in [7, 11) is 0. The molecule has 1 fully saturated rings. The number of amides is 1. The molecule has 0 aliphatic carbocycles. The maximum absolute atomic E-state index is 13.0. The normalized spacial score (nSPS) is 17.6. The summed E-state index contributed by atoms with van der Waals surface area (Å²) in [4.78, 5) is 18.9. The minimum absolute atomic E-state index is 0.107. The van der Waals surface area contributed by atoms with Gasteiger partial charge in [0.15, 0.2) is 0 Å². The van der Waals surface area contributed by atoms with Crippen molar-refractivity contribution in [2.45, 2.75) is 13.0 Å². The number of rotatable bonds is 3. The highest BCUT2D eigenvalue weighted by Crippen LogP contribution is 2.27. The second-order valence-electron chi connectivity index (χ2n) is 5.96. The van der Waals surface area contributed by atoms with Crippen molar-refractivity contribution >= 4 is 5.91 Å². The van der Waals surface area contributed by atoms with Gasteiger partial charge in [-0.3, -0.25) is 20.0 Å². The maximum atomic E-state index is 13.0. The second kappa shape index (κ2) is 6.48. The number of hydrogen-bond acceptors (Lipinski definition) is 5. The Morgan fingerprint density at radius 2 is 2.28 bits per heavy atom. The molecule has 4 rings (SSSR count). The van der Waals surface area contributed by atoms with Gasteiger partial charge in [0.05, 0.1) is 36.8 Å². The van der Waals surface area contributed by atoms with Gasteiger partial charge in [0.2, 0.25) is 0 Å². The molecule has 2 N–H and O–H groups in total. The van der Waals surface area contributed by atoms with Crippen LogP contribution >= 0.6 is 0 Å². The molecule has 0 bridgehead atoms. The summed E-state index contributed by atoms with van der Waals surface area (Å²) in [6.45, 7) is 3.44. The highest BCUT2D eigenvalue weighted by atomic mass is 16.5. The Labute approximate surface area is 144 Å². The van der Waals surface area contributed by atoms with Gasteiger partial charge in [0.1, 0.15) is 5.69 Å². The molecule has 1 aliphatic rings. The SMILES string of the molecule is Cc1cn[nH]c1[C@H]1COCCN1C(=O)c1cc(-c2cccnc2)n[nH]1. The zero-order valence-electron chi connectivity index (χ0n) is 13.8. The van der Waals surface area contributed by atoms with Gasteiger partial charge in [-0.05, 0) is 30.7 Å². The van der Waals surface area contributed by atoms with Crippen molar-refractivity contribution in [2.75, 3.05) is 19.8 Å². The summed E-state index contributed by atoms with van der Waals surface area (Å²) in [6, 6.07) is 5.31. The average Bonchev–Trinajstić information content (AvgIpc) is 3.31. The van der Waals surface area contributed by atoms with Crippen molar-refractivity contribution in [3.8, 4) is 11.3 Å². The minimum Gasteiger partial charge on any atom is -0.377 e. The summed E-state index contributed by atoms with van der Waals surface area (Å²) >= 11 is 0. The Kier molecular flexibility index (Phi) is 4.02. The van der Waals surface area contributed by atoms with Crippen LogP contribution < -0.4 is 0 Å². The van der Waals surface area contributed by atoms with Crippen LogP contribution in [0.15, 0.2) is 36.8 Å². The van der Waals surface area contributed by atoms with Crippen LogP contribution in [0.2, 0.25) is 0 Å². The summed E-state index contributed by atoms with van der Waals surface area (Å²) in [5.41, 5.74) is 3.91. The van der Waals surface area contributed by atoms with Crippen LogP contribution in [0.25, 0.3) is 11.3 Å². The molecule has 25 heavy (non-hydrogen) atoms. The summed E-state index contributed by atoms with van der Waals surface area (Å²) < 4.78 is 5.58. The molecule has 8 nitrogen and oxygen atoms in total. The van der Waals surface area contributed by atoms with Crippen LogP contribution in [0.1, 0.15) is 27.8 Å². The molecule has 3 aromatic heterocycles. The number of H-pyrrole nitrogens is 2. The number of aryl methyl sites for hydroxylation is 1. The zero-order chi connectivity index (χ0) is 17.2. The lowest BCUT2D eigenvalue weighted by atomic mass is 10.1. The van der Waals surface area contributed by atoms with Crippen molar-refractivity contribution in [2.24, 2.45) is 0 Å². The van der Waals surface area contributed by atoms with Crippen LogP contribution in [0, 0.1) is 6.92 Å². The van der Waals surface area contributed by atoms with Crippen LogP contribution in [0.5, 0.6) is 0 Å². The lowest BCUT2D eigenvalue weighted by Crippen LogP contribution is -2.44. The van der Waals surface area contributed by atoms with E-state index in [-0.39, 0.29) is 11.9 Å². The number of carbonyl (C=O) groups is 1. The van der Waals surface area contributed by atoms with Crippen LogP contribution in [-0.2, 0) is 4.74 Å². The molecule has 1 aliphatic heterocycles. The summed E-state index contributed by atoms with van der Waals surface area (Å²) in [5.74, 6) is -0.107. The number of morpholine rings is 1. The van der Waals surface area contributed by atoms with Gasteiger partial charge in [0, 0.05) is 24.5 Å². The molecular weight excluding hydrogens is 320 g/mol. The fourth-order valence-corrected chi connectivity index (χ4v) is 3.03. The lowest BCUT2D eigenvalue weighted by molar-refractivity contribution is -0.00438.